The van der Waals surface area contributed by atoms with Gasteiger partial charge in [0.2, 0.25) is 0 Å². The van der Waals surface area contributed by atoms with Crippen molar-refractivity contribution in [3.8, 4) is 6.07 Å². The Kier molecular flexibility index (Phi) is 5.46. The standard InChI is InChI=1S/C8H13N3O4S/c1-6(5-16(2,14)15)11-8(13)7(12)10-4-3-9/h6H,4-5H2,1-2H3,(H,10,12)(H,11,13). The molecule has 8 heteroatoms. The summed E-state index contributed by atoms with van der Waals surface area (Å²) in [7, 11) is -3.21. The van der Waals surface area contributed by atoms with E-state index in [-0.39, 0.29) is 12.3 Å². The molecule has 0 heterocycles. The van der Waals surface area contributed by atoms with Gasteiger partial charge in [0.15, 0.2) is 0 Å². The first-order chi connectivity index (χ1) is 7.26. The summed E-state index contributed by atoms with van der Waals surface area (Å²) in [6, 6.07) is 0.980. The first-order valence-electron chi connectivity index (χ1n) is 4.39. The predicted molar refractivity (Wildman–Crippen MR) is 55.9 cm³/mol. The van der Waals surface area contributed by atoms with Crippen molar-refractivity contribution in [2.75, 3.05) is 18.6 Å². The molecule has 90 valence electrons. The lowest BCUT2D eigenvalue weighted by Crippen LogP contribution is -2.45. The Morgan fingerprint density at radius 3 is 2.38 bits per heavy atom. The van der Waals surface area contributed by atoms with Crippen molar-refractivity contribution in [2.45, 2.75) is 13.0 Å². The fraction of sp³-hybridized carbons (Fsp3) is 0.625. The van der Waals surface area contributed by atoms with Gasteiger partial charge >= 0.3 is 11.8 Å². The van der Waals surface area contributed by atoms with Crippen molar-refractivity contribution in [3.05, 3.63) is 0 Å². The number of hydrogen-bond donors (Lipinski definition) is 2. The topological polar surface area (TPSA) is 116 Å². The number of sulfone groups is 1. The summed E-state index contributed by atoms with van der Waals surface area (Å²) in [6.45, 7) is 1.20. The summed E-state index contributed by atoms with van der Waals surface area (Å²) in [5.74, 6) is -2.15. The Hall–Kier alpha value is -1.62. The second-order valence-electron chi connectivity index (χ2n) is 3.31. The Morgan fingerprint density at radius 2 is 1.94 bits per heavy atom. The van der Waals surface area contributed by atoms with Gasteiger partial charge < -0.3 is 10.6 Å². The van der Waals surface area contributed by atoms with E-state index in [4.69, 9.17) is 5.26 Å². The zero-order chi connectivity index (χ0) is 12.8. The van der Waals surface area contributed by atoms with Gasteiger partial charge in [-0.1, -0.05) is 0 Å². The molecule has 0 aliphatic carbocycles. The van der Waals surface area contributed by atoms with E-state index in [0.29, 0.717) is 0 Å². The lowest BCUT2D eigenvalue weighted by atomic mass is 10.4. The Balaban J connectivity index is 4.15. The normalized spacial score (nSPS) is 12.3. The van der Waals surface area contributed by atoms with Gasteiger partial charge in [-0.15, -0.1) is 0 Å². The highest BCUT2D eigenvalue weighted by molar-refractivity contribution is 7.90. The van der Waals surface area contributed by atoms with Crippen molar-refractivity contribution in [2.24, 2.45) is 0 Å². The maximum Gasteiger partial charge on any atom is 0.310 e. The molecule has 2 amide bonds. The fourth-order valence-corrected chi connectivity index (χ4v) is 1.98. The molecule has 1 atom stereocenters. The van der Waals surface area contributed by atoms with Crippen molar-refractivity contribution in [1.29, 1.82) is 5.26 Å². The molecule has 0 aliphatic heterocycles. The minimum Gasteiger partial charge on any atom is -0.344 e. The van der Waals surface area contributed by atoms with Gasteiger partial charge in [0.25, 0.3) is 0 Å². The highest BCUT2D eigenvalue weighted by Crippen LogP contribution is 1.89. The third-order valence-electron chi connectivity index (χ3n) is 1.46. The molecule has 2 N–H and O–H groups in total. The van der Waals surface area contributed by atoms with Crippen LogP contribution in [0.25, 0.3) is 0 Å². The van der Waals surface area contributed by atoms with Gasteiger partial charge in [0, 0.05) is 12.3 Å². The molecule has 0 fully saturated rings. The molecule has 0 aromatic heterocycles. The van der Waals surface area contributed by atoms with Crippen molar-refractivity contribution >= 4 is 21.7 Å². The summed E-state index contributed by atoms with van der Waals surface area (Å²) in [4.78, 5) is 22.1. The summed E-state index contributed by atoms with van der Waals surface area (Å²) in [6.07, 6.45) is 1.03. The SMILES string of the molecule is CC(CS(C)(=O)=O)NC(=O)C(=O)NCC#N. The molecule has 1 unspecified atom stereocenters. The van der Waals surface area contributed by atoms with Crippen molar-refractivity contribution < 1.29 is 18.0 Å². The highest BCUT2D eigenvalue weighted by Gasteiger charge is 2.17. The molecule has 0 aromatic rings. The first kappa shape index (κ1) is 14.4. The van der Waals surface area contributed by atoms with E-state index in [9.17, 15) is 18.0 Å². The van der Waals surface area contributed by atoms with E-state index >= 15 is 0 Å². The highest BCUT2D eigenvalue weighted by atomic mass is 32.2. The summed E-state index contributed by atoms with van der Waals surface area (Å²) < 4.78 is 21.7. The van der Waals surface area contributed by atoms with Gasteiger partial charge in [-0.2, -0.15) is 5.26 Å². The van der Waals surface area contributed by atoms with Crippen LogP contribution in [0.2, 0.25) is 0 Å². The lowest BCUT2D eigenvalue weighted by Gasteiger charge is -2.11. The van der Waals surface area contributed by atoms with Gasteiger partial charge in [-0.05, 0) is 6.92 Å². The maximum absolute atomic E-state index is 11.1. The van der Waals surface area contributed by atoms with Crippen LogP contribution in [-0.2, 0) is 19.4 Å². The number of rotatable bonds is 4. The molecule has 0 spiro atoms. The summed E-state index contributed by atoms with van der Waals surface area (Å²) in [5.41, 5.74) is 0. The zero-order valence-corrected chi connectivity index (χ0v) is 9.80. The van der Waals surface area contributed by atoms with Crippen LogP contribution in [0.15, 0.2) is 0 Å². The zero-order valence-electron chi connectivity index (χ0n) is 8.98. The van der Waals surface area contributed by atoms with Crippen molar-refractivity contribution in [1.82, 2.24) is 10.6 Å². The second-order valence-corrected chi connectivity index (χ2v) is 5.49. The minimum atomic E-state index is -3.21. The van der Waals surface area contributed by atoms with Gasteiger partial charge in [-0.25, -0.2) is 8.42 Å². The number of carbonyl (C=O) groups is 2. The van der Waals surface area contributed by atoms with Gasteiger partial charge in [-0.3, -0.25) is 9.59 Å². The van der Waals surface area contributed by atoms with Crippen LogP contribution < -0.4 is 10.6 Å². The molecule has 0 aromatic carbocycles. The number of nitrogens with one attached hydrogen (secondary N) is 2. The van der Waals surface area contributed by atoms with Gasteiger partial charge in [0.05, 0.1) is 11.8 Å². The molecule has 0 bridgehead atoms. The maximum atomic E-state index is 11.1. The van der Waals surface area contributed by atoms with Crippen LogP contribution in [0.4, 0.5) is 0 Å². The van der Waals surface area contributed by atoms with E-state index in [0.717, 1.165) is 6.26 Å². The molecule has 0 saturated carbocycles. The molecule has 0 saturated heterocycles. The quantitative estimate of drug-likeness (QED) is 0.448. The number of nitriles is 1. The Morgan fingerprint density at radius 1 is 1.38 bits per heavy atom. The number of nitrogens with zero attached hydrogens (tertiary/aromatic N) is 1. The average Bonchev–Trinajstić information content (AvgIpc) is 2.10. The predicted octanol–water partition coefficient (Wildman–Crippen LogP) is -1.82. The molecule has 7 nitrogen and oxygen atoms in total. The molecule has 16 heavy (non-hydrogen) atoms. The summed E-state index contributed by atoms with van der Waals surface area (Å²) >= 11 is 0. The first-order valence-corrected chi connectivity index (χ1v) is 6.45. The van der Waals surface area contributed by atoms with Crippen LogP contribution in [0, 0.1) is 11.3 Å². The second kappa shape index (κ2) is 6.07. The number of amides is 2. The largest absolute Gasteiger partial charge is 0.344 e. The van der Waals surface area contributed by atoms with E-state index in [1.165, 1.54) is 6.92 Å². The smallest absolute Gasteiger partial charge is 0.310 e. The van der Waals surface area contributed by atoms with E-state index in [2.05, 4.69) is 5.32 Å². The van der Waals surface area contributed by atoms with Gasteiger partial charge in [0.1, 0.15) is 16.4 Å². The molecular weight excluding hydrogens is 234 g/mol. The lowest BCUT2D eigenvalue weighted by molar-refractivity contribution is -0.139. The van der Waals surface area contributed by atoms with Crippen molar-refractivity contribution in [3.63, 3.8) is 0 Å². The molecule has 0 rings (SSSR count). The molecule has 0 aliphatic rings. The third kappa shape index (κ3) is 6.78. The third-order valence-corrected chi connectivity index (χ3v) is 2.57. The number of carbonyl (C=O) groups excluding carboxylic acids is 2. The number of hydrogen-bond acceptors (Lipinski definition) is 5. The minimum absolute atomic E-state index is 0.246. The Bertz CT molecular complexity index is 409. The monoisotopic (exact) mass is 247 g/mol. The van der Waals surface area contributed by atoms with Crippen LogP contribution in [0.3, 0.4) is 0 Å². The fourth-order valence-electron chi connectivity index (χ4n) is 0.985. The Labute approximate surface area is 93.7 Å². The summed E-state index contributed by atoms with van der Waals surface area (Å²) in [5, 5.41) is 12.4. The van der Waals surface area contributed by atoms with Crippen LogP contribution in [0.5, 0.6) is 0 Å². The van der Waals surface area contributed by atoms with E-state index in [1.807, 2.05) is 5.32 Å². The average molecular weight is 247 g/mol. The van der Waals surface area contributed by atoms with E-state index in [1.54, 1.807) is 6.07 Å². The van der Waals surface area contributed by atoms with Crippen LogP contribution >= 0.6 is 0 Å². The van der Waals surface area contributed by atoms with Crippen LogP contribution in [-0.4, -0.2) is 44.8 Å². The van der Waals surface area contributed by atoms with E-state index < -0.39 is 27.7 Å². The molecular formula is C8H13N3O4S. The molecule has 0 radical (unpaired) electrons. The van der Waals surface area contributed by atoms with Crippen LogP contribution in [0.1, 0.15) is 6.92 Å².